The second-order valence-electron chi connectivity index (χ2n) is 5.96. The van der Waals surface area contributed by atoms with Gasteiger partial charge < -0.3 is 9.84 Å². The molecule has 28 heavy (non-hydrogen) atoms. The van der Waals surface area contributed by atoms with Crippen LogP contribution >= 0.6 is 34.4 Å². The van der Waals surface area contributed by atoms with Gasteiger partial charge in [-0.25, -0.2) is 4.79 Å². The summed E-state index contributed by atoms with van der Waals surface area (Å²) in [4.78, 5) is 11.7. The van der Waals surface area contributed by atoms with Crippen LogP contribution in [0.3, 0.4) is 0 Å². The maximum Gasteiger partial charge on any atom is 0.341 e. The van der Waals surface area contributed by atoms with Crippen LogP contribution < -0.4 is 4.74 Å². The number of hydrogen-bond acceptors (Lipinski definition) is 3. The number of carboxylic acids is 1. The number of aliphatic carboxylic acids is 1. The SMILES string of the molecule is O=C(O)COc1ccc(SCC=C(c2ccccc2)c2cccc(I)c2)cc1. The molecule has 1 N–H and O–H groups in total. The quantitative estimate of drug-likeness (QED) is 0.304. The second kappa shape index (κ2) is 10.3. The molecule has 0 fully saturated rings. The predicted molar refractivity (Wildman–Crippen MR) is 123 cm³/mol. The molecule has 0 aromatic heterocycles. The summed E-state index contributed by atoms with van der Waals surface area (Å²) in [6.07, 6.45) is 2.25. The first-order valence-electron chi connectivity index (χ1n) is 8.71. The summed E-state index contributed by atoms with van der Waals surface area (Å²) in [7, 11) is 0. The first-order valence-corrected chi connectivity index (χ1v) is 10.8. The molecule has 0 radical (unpaired) electrons. The van der Waals surface area contributed by atoms with Crippen molar-refractivity contribution in [3.8, 4) is 5.75 Å². The fourth-order valence-electron chi connectivity index (χ4n) is 2.67. The summed E-state index contributed by atoms with van der Waals surface area (Å²) >= 11 is 4.06. The van der Waals surface area contributed by atoms with E-state index in [1.165, 1.54) is 20.3 Å². The molecular formula is C23H19IO3S. The van der Waals surface area contributed by atoms with Gasteiger partial charge in [0.05, 0.1) is 0 Å². The summed E-state index contributed by atoms with van der Waals surface area (Å²) in [6.45, 7) is -0.328. The molecule has 0 aliphatic rings. The lowest BCUT2D eigenvalue weighted by Gasteiger charge is -2.10. The topological polar surface area (TPSA) is 46.5 Å². The van der Waals surface area contributed by atoms with Crippen molar-refractivity contribution in [3.63, 3.8) is 0 Å². The van der Waals surface area contributed by atoms with Crippen LogP contribution in [0.2, 0.25) is 0 Å². The van der Waals surface area contributed by atoms with E-state index >= 15 is 0 Å². The minimum atomic E-state index is -0.979. The van der Waals surface area contributed by atoms with Crippen molar-refractivity contribution >= 4 is 45.9 Å². The van der Waals surface area contributed by atoms with Crippen molar-refractivity contribution in [2.45, 2.75) is 4.90 Å². The zero-order chi connectivity index (χ0) is 19.8. The van der Waals surface area contributed by atoms with E-state index < -0.39 is 5.97 Å². The Balaban J connectivity index is 1.72. The molecule has 0 unspecified atom stereocenters. The van der Waals surface area contributed by atoms with Gasteiger partial charge in [-0.1, -0.05) is 48.5 Å². The Morgan fingerprint density at radius 3 is 2.36 bits per heavy atom. The number of halogens is 1. The van der Waals surface area contributed by atoms with Crippen LogP contribution in [0.4, 0.5) is 0 Å². The van der Waals surface area contributed by atoms with Gasteiger partial charge in [-0.2, -0.15) is 0 Å². The fraction of sp³-hybridized carbons (Fsp3) is 0.0870. The van der Waals surface area contributed by atoms with Gasteiger partial charge in [0.25, 0.3) is 0 Å². The number of thioether (sulfide) groups is 1. The van der Waals surface area contributed by atoms with E-state index in [9.17, 15) is 4.79 Å². The number of rotatable bonds is 8. The zero-order valence-electron chi connectivity index (χ0n) is 15.0. The lowest BCUT2D eigenvalue weighted by Crippen LogP contribution is -2.09. The molecule has 0 aliphatic carbocycles. The van der Waals surface area contributed by atoms with Crippen molar-refractivity contribution in [1.82, 2.24) is 0 Å². The highest BCUT2D eigenvalue weighted by atomic mass is 127. The molecule has 0 aliphatic heterocycles. The Bertz CT molecular complexity index is 953. The van der Waals surface area contributed by atoms with Crippen LogP contribution in [-0.4, -0.2) is 23.4 Å². The molecule has 0 bridgehead atoms. The summed E-state index contributed by atoms with van der Waals surface area (Å²) in [5, 5.41) is 8.67. The third-order valence-electron chi connectivity index (χ3n) is 3.94. The monoisotopic (exact) mass is 502 g/mol. The molecule has 3 aromatic carbocycles. The third kappa shape index (κ3) is 6.14. The summed E-state index contributed by atoms with van der Waals surface area (Å²) in [6, 6.07) is 26.4. The number of benzene rings is 3. The molecule has 0 amide bonds. The maximum atomic E-state index is 10.6. The van der Waals surface area contributed by atoms with Crippen molar-refractivity contribution in [2.24, 2.45) is 0 Å². The van der Waals surface area contributed by atoms with E-state index in [0.717, 1.165) is 10.6 Å². The van der Waals surface area contributed by atoms with E-state index in [2.05, 4.69) is 77.2 Å². The highest BCUT2D eigenvalue weighted by Gasteiger charge is 2.06. The minimum Gasteiger partial charge on any atom is -0.482 e. The van der Waals surface area contributed by atoms with Crippen LogP contribution in [0.25, 0.3) is 5.57 Å². The molecule has 0 saturated carbocycles. The van der Waals surface area contributed by atoms with Crippen molar-refractivity contribution in [1.29, 1.82) is 0 Å². The molecule has 3 nitrogen and oxygen atoms in total. The van der Waals surface area contributed by atoms with Gasteiger partial charge in [0.2, 0.25) is 0 Å². The maximum absolute atomic E-state index is 10.6. The highest BCUT2D eigenvalue weighted by Crippen LogP contribution is 2.27. The Kier molecular flexibility index (Phi) is 7.56. The predicted octanol–water partition coefficient (Wildman–Crippen LogP) is 5.98. The van der Waals surface area contributed by atoms with E-state index in [4.69, 9.17) is 9.84 Å². The smallest absolute Gasteiger partial charge is 0.341 e. The number of carboxylic acid groups (broad SMARTS) is 1. The van der Waals surface area contributed by atoms with Gasteiger partial charge in [-0.15, -0.1) is 11.8 Å². The number of carbonyl (C=O) groups is 1. The Morgan fingerprint density at radius 1 is 0.964 bits per heavy atom. The van der Waals surface area contributed by atoms with Crippen LogP contribution in [-0.2, 0) is 4.79 Å². The van der Waals surface area contributed by atoms with Gasteiger partial charge in [-0.3, -0.25) is 0 Å². The molecule has 0 saturated heterocycles. The molecule has 142 valence electrons. The first kappa shape index (κ1) is 20.5. The minimum absolute atomic E-state index is 0.328. The van der Waals surface area contributed by atoms with E-state index in [1.807, 2.05) is 18.2 Å². The van der Waals surface area contributed by atoms with Gasteiger partial charge in [0.15, 0.2) is 6.61 Å². The first-order chi connectivity index (χ1) is 13.6. The molecule has 0 heterocycles. The van der Waals surface area contributed by atoms with Gasteiger partial charge in [-0.05, 0) is 75.7 Å². The van der Waals surface area contributed by atoms with Crippen LogP contribution in [0.1, 0.15) is 11.1 Å². The highest BCUT2D eigenvalue weighted by molar-refractivity contribution is 14.1. The summed E-state index contributed by atoms with van der Waals surface area (Å²) in [5.41, 5.74) is 3.62. The molecule has 5 heteroatoms. The van der Waals surface area contributed by atoms with E-state index in [1.54, 1.807) is 23.9 Å². The zero-order valence-corrected chi connectivity index (χ0v) is 18.0. The average Bonchev–Trinajstić information content (AvgIpc) is 2.71. The second-order valence-corrected chi connectivity index (χ2v) is 8.30. The largest absolute Gasteiger partial charge is 0.482 e. The number of hydrogen-bond donors (Lipinski definition) is 1. The molecular weight excluding hydrogens is 483 g/mol. The van der Waals surface area contributed by atoms with Crippen LogP contribution in [0.5, 0.6) is 5.75 Å². The molecule has 3 rings (SSSR count). The lowest BCUT2D eigenvalue weighted by molar-refractivity contribution is -0.139. The Morgan fingerprint density at radius 2 is 1.68 bits per heavy atom. The number of ether oxygens (including phenoxy) is 1. The Labute approximate surface area is 182 Å². The van der Waals surface area contributed by atoms with Crippen molar-refractivity contribution in [2.75, 3.05) is 12.4 Å². The van der Waals surface area contributed by atoms with E-state index in [0.29, 0.717) is 5.75 Å². The Hall–Kier alpha value is -2.25. The standard InChI is InChI=1S/C23H19IO3S/c24-19-8-4-7-18(15-19)22(17-5-2-1-3-6-17)13-14-28-21-11-9-20(10-12-21)27-16-23(25)26/h1-13,15H,14,16H2,(H,25,26). The molecule has 0 spiro atoms. The third-order valence-corrected chi connectivity index (χ3v) is 5.55. The van der Waals surface area contributed by atoms with Crippen LogP contribution in [0.15, 0.2) is 89.8 Å². The fourth-order valence-corrected chi connectivity index (χ4v) is 3.99. The average molecular weight is 502 g/mol. The van der Waals surface area contributed by atoms with E-state index in [-0.39, 0.29) is 6.61 Å². The molecule has 3 aromatic rings. The summed E-state index contributed by atoms with van der Waals surface area (Å²) < 4.78 is 6.38. The van der Waals surface area contributed by atoms with Crippen LogP contribution in [0, 0.1) is 3.57 Å². The van der Waals surface area contributed by atoms with Crippen molar-refractivity contribution in [3.05, 3.63) is 99.6 Å². The summed E-state index contributed by atoms with van der Waals surface area (Å²) in [5.74, 6) is 0.407. The normalized spacial score (nSPS) is 11.2. The van der Waals surface area contributed by atoms with Gasteiger partial charge >= 0.3 is 5.97 Å². The molecule has 0 atom stereocenters. The van der Waals surface area contributed by atoms with Gasteiger partial charge in [0, 0.05) is 14.2 Å². The lowest BCUT2D eigenvalue weighted by atomic mass is 9.98. The van der Waals surface area contributed by atoms with Crippen molar-refractivity contribution < 1.29 is 14.6 Å². The van der Waals surface area contributed by atoms with Gasteiger partial charge in [0.1, 0.15) is 5.75 Å².